The maximum atomic E-state index is 14.7. The normalized spacial score (nSPS) is 21.2. The van der Waals surface area contributed by atoms with Crippen LogP contribution in [0, 0.1) is 30.1 Å². The number of nitrogens with zero attached hydrogens (tertiary/aromatic N) is 2. The average Bonchev–Trinajstić information content (AvgIpc) is 2.68. The molecule has 0 aliphatic heterocycles. The molecule has 28 heavy (non-hydrogen) atoms. The van der Waals surface area contributed by atoms with Crippen LogP contribution in [-0.4, -0.2) is 25.4 Å². The molecule has 0 heterocycles. The lowest BCUT2D eigenvalue weighted by Crippen LogP contribution is -2.43. The van der Waals surface area contributed by atoms with Gasteiger partial charge < -0.3 is 10.2 Å². The number of alkyl halides is 2. The van der Waals surface area contributed by atoms with Crippen molar-refractivity contribution >= 4 is 12.1 Å². The first-order valence-electron chi connectivity index (χ1n) is 9.90. The number of benzene rings is 1. The Morgan fingerprint density at radius 1 is 1.43 bits per heavy atom. The van der Waals surface area contributed by atoms with Crippen molar-refractivity contribution in [2.45, 2.75) is 51.9 Å². The maximum absolute atomic E-state index is 14.7. The molecule has 0 saturated heterocycles. The summed E-state index contributed by atoms with van der Waals surface area (Å²) in [6.45, 7) is 4.61. The van der Waals surface area contributed by atoms with E-state index in [1.807, 2.05) is 30.2 Å². The Labute approximate surface area is 166 Å². The van der Waals surface area contributed by atoms with Crippen molar-refractivity contribution in [3.8, 4) is 6.07 Å². The molecule has 2 atom stereocenters. The van der Waals surface area contributed by atoms with Crippen LogP contribution in [0.4, 0.5) is 14.5 Å². The van der Waals surface area contributed by atoms with Gasteiger partial charge in [-0.1, -0.05) is 25.5 Å². The molecular weight excluding hydrogens is 360 g/mol. The molecule has 1 aliphatic carbocycles. The van der Waals surface area contributed by atoms with E-state index in [-0.39, 0.29) is 18.9 Å². The number of carbonyl (C=O) groups excluding carboxylic acids is 1. The number of hydrogen-bond acceptors (Lipinski definition) is 3. The third kappa shape index (κ3) is 5.79. The molecule has 0 aromatic heterocycles. The van der Waals surface area contributed by atoms with E-state index in [9.17, 15) is 18.8 Å². The molecule has 1 aromatic rings. The van der Waals surface area contributed by atoms with Gasteiger partial charge in [-0.05, 0) is 49.8 Å². The van der Waals surface area contributed by atoms with Crippen molar-refractivity contribution in [1.82, 2.24) is 5.32 Å². The smallest absolute Gasteiger partial charge is 0.252 e. The molecule has 4 nitrogen and oxygen atoms in total. The van der Waals surface area contributed by atoms with Crippen molar-refractivity contribution in [1.29, 1.82) is 5.26 Å². The quantitative estimate of drug-likeness (QED) is 0.618. The number of anilines is 1. The molecule has 0 spiro atoms. The van der Waals surface area contributed by atoms with Gasteiger partial charge in [0, 0.05) is 37.3 Å². The average molecular weight is 389 g/mol. The zero-order valence-electron chi connectivity index (χ0n) is 16.6. The van der Waals surface area contributed by atoms with Crippen LogP contribution in [0.3, 0.4) is 0 Å². The minimum Gasteiger partial charge on any atom is -0.358 e. The Hall–Kier alpha value is -2.42. The second-order valence-electron chi connectivity index (χ2n) is 7.56. The molecule has 1 unspecified atom stereocenters. The maximum Gasteiger partial charge on any atom is 0.252 e. The summed E-state index contributed by atoms with van der Waals surface area (Å²) < 4.78 is 29.4. The van der Waals surface area contributed by atoms with E-state index in [0.717, 1.165) is 24.1 Å². The first-order valence-corrected chi connectivity index (χ1v) is 9.90. The second-order valence-corrected chi connectivity index (χ2v) is 7.56. The number of aryl methyl sites for hydroxylation is 1. The minimum absolute atomic E-state index is 0.0582. The van der Waals surface area contributed by atoms with E-state index >= 15 is 0 Å². The predicted molar refractivity (Wildman–Crippen MR) is 107 cm³/mol. The highest BCUT2D eigenvalue weighted by atomic mass is 19.3. The number of halogens is 2. The van der Waals surface area contributed by atoms with E-state index < -0.39 is 11.8 Å². The molecule has 1 N–H and O–H groups in total. The topological polar surface area (TPSA) is 56.1 Å². The Kier molecular flexibility index (Phi) is 7.98. The molecule has 1 saturated carbocycles. The van der Waals surface area contributed by atoms with Gasteiger partial charge in [0.1, 0.15) is 0 Å². The fourth-order valence-electron chi connectivity index (χ4n) is 3.74. The van der Waals surface area contributed by atoms with E-state index in [1.54, 1.807) is 12.1 Å². The zero-order chi connectivity index (χ0) is 20.6. The lowest BCUT2D eigenvalue weighted by Gasteiger charge is -2.38. The van der Waals surface area contributed by atoms with Crippen LogP contribution in [0.15, 0.2) is 30.5 Å². The Morgan fingerprint density at radius 2 is 2.21 bits per heavy atom. The van der Waals surface area contributed by atoms with Gasteiger partial charge in [-0.25, -0.2) is 8.78 Å². The fourth-order valence-corrected chi connectivity index (χ4v) is 3.74. The highest BCUT2D eigenvalue weighted by Crippen LogP contribution is 2.42. The van der Waals surface area contributed by atoms with Crippen LogP contribution in [-0.2, 0) is 4.79 Å². The summed E-state index contributed by atoms with van der Waals surface area (Å²) in [6, 6.07) is 7.48. The van der Waals surface area contributed by atoms with Crippen LogP contribution in [0.1, 0.15) is 50.2 Å². The molecule has 1 aliphatic rings. The van der Waals surface area contributed by atoms with Crippen molar-refractivity contribution in [2.24, 2.45) is 11.8 Å². The first kappa shape index (κ1) is 21.9. The van der Waals surface area contributed by atoms with Gasteiger partial charge in [-0.15, -0.1) is 0 Å². The number of hydrogen-bond donors (Lipinski definition) is 1. The van der Waals surface area contributed by atoms with Gasteiger partial charge in [0.2, 0.25) is 6.41 Å². The third-order valence-corrected chi connectivity index (χ3v) is 5.40. The second kappa shape index (κ2) is 10.2. The van der Waals surface area contributed by atoms with Crippen LogP contribution in [0.2, 0.25) is 0 Å². The largest absolute Gasteiger partial charge is 0.358 e. The van der Waals surface area contributed by atoms with E-state index in [0.29, 0.717) is 31.4 Å². The van der Waals surface area contributed by atoms with Crippen LogP contribution in [0.25, 0.3) is 0 Å². The molecule has 1 fully saturated rings. The Balaban J connectivity index is 2.28. The fraction of sp³-hybridized carbons (Fsp3) is 0.545. The molecule has 0 radical (unpaired) electrons. The molecule has 1 aromatic carbocycles. The Bertz CT molecular complexity index is 727. The van der Waals surface area contributed by atoms with E-state index in [4.69, 9.17) is 0 Å². The standard InChI is InChI=1S/C22H29F2N3O/c1-3-4-5-10-27(21-12-18(13-25)7-6-17(21)2)15-20-11-19(14-26-16-28)8-9-22(20,23)24/h5-7,10,12,16,19-20H,3-4,8-9,11,14-15H2,1-2H3,(H,26,28)/b10-5+/t19-,20?/m1/s1. The van der Waals surface area contributed by atoms with Crippen LogP contribution >= 0.6 is 0 Å². The molecule has 1 amide bonds. The number of nitriles is 1. The summed E-state index contributed by atoms with van der Waals surface area (Å²) in [5, 5.41) is 11.9. The van der Waals surface area contributed by atoms with Gasteiger partial charge in [0.15, 0.2) is 0 Å². The van der Waals surface area contributed by atoms with Gasteiger partial charge in [0.05, 0.1) is 11.6 Å². The highest BCUT2D eigenvalue weighted by Gasteiger charge is 2.45. The minimum atomic E-state index is -2.74. The summed E-state index contributed by atoms with van der Waals surface area (Å²) in [5.74, 6) is -3.49. The van der Waals surface area contributed by atoms with Crippen molar-refractivity contribution in [3.05, 3.63) is 41.6 Å². The SMILES string of the molecule is CCC/C=C/N(CC1C[C@H](CNC=O)CCC1(F)F)c1cc(C#N)ccc1C. The lowest BCUT2D eigenvalue weighted by molar-refractivity contribution is -0.110. The lowest BCUT2D eigenvalue weighted by atomic mass is 9.78. The molecule has 0 bridgehead atoms. The molecule has 152 valence electrons. The number of rotatable bonds is 9. The molecule has 2 rings (SSSR count). The van der Waals surface area contributed by atoms with Gasteiger partial charge in [-0.3, -0.25) is 4.79 Å². The summed E-state index contributed by atoms with van der Waals surface area (Å²) in [7, 11) is 0. The summed E-state index contributed by atoms with van der Waals surface area (Å²) in [6.07, 6.45) is 6.94. The number of allylic oxidation sites excluding steroid dienone is 1. The Morgan fingerprint density at radius 3 is 2.89 bits per heavy atom. The van der Waals surface area contributed by atoms with Gasteiger partial charge in [0.25, 0.3) is 5.92 Å². The van der Waals surface area contributed by atoms with E-state index in [2.05, 4.69) is 18.3 Å². The van der Waals surface area contributed by atoms with E-state index in [1.165, 1.54) is 0 Å². The monoisotopic (exact) mass is 389 g/mol. The van der Waals surface area contributed by atoms with Crippen LogP contribution in [0.5, 0.6) is 0 Å². The number of amides is 1. The third-order valence-electron chi connectivity index (χ3n) is 5.40. The number of carbonyl (C=O) groups is 1. The number of nitrogens with one attached hydrogen (secondary N) is 1. The zero-order valence-corrected chi connectivity index (χ0v) is 16.6. The van der Waals surface area contributed by atoms with Crippen molar-refractivity contribution in [2.75, 3.05) is 18.0 Å². The van der Waals surface area contributed by atoms with Crippen LogP contribution < -0.4 is 10.2 Å². The van der Waals surface area contributed by atoms with Crippen molar-refractivity contribution in [3.63, 3.8) is 0 Å². The number of unbranched alkanes of at least 4 members (excludes halogenated alkanes) is 1. The predicted octanol–water partition coefficient (Wildman–Crippen LogP) is 4.78. The molecular formula is C22H29F2N3O. The molecule has 6 heteroatoms. The summed E-state index contributed by atoms with van der Waals surface area (Å²) in [4.78, 5) is 12.4. The first-order chi connectivity index (χ1) is 13.4. The summed E-state index contributed by atoms with van der Waals surface area (Å²) in [5.41, 5.74) is 2.24. The highest BCUT2D eigenvalue weighted by molar-refractivity contribution is 5.59. The van der Waals surface area contributed by atoms with Crippen molar-refractivity contribution < 1.29 is 13.6 Å². The van der Waals surface area contributed by atoms with Gasteiger partial charge in [-0.2, -0.15) is 5.26 Å². The summed E-state index contributed by atoms with van der Waals surface area (Å²) >= 11 is 0. The van der Waals surface area contributed by atoms with Gasteiger partial charge >= 0.3 is 0 Å².